The van der Waals surface area contributed by atoms with Crippen LogP contribution in [0.4, 0.5) is 0 Å². The third-order valence-corrected chi connectivity index (χ3v) is 3.61. The van der Waals surface area contributed by atoms with Crippen molar-refractivity contribution in [3.8, 4) is 11.5 Å². The fourth-order valence-electron chi connectivity index (χ4n) is 2.37. The van der Waals surface area contributed by atoms with E-state index in [-0.39, 0.29) is 17.4 Å². The number of nitrogens with zero attached hydrogens (tertiary/aromatic N) is 1. The summed E-state index contributed by atoms with van der Waals surface area (Å²) in [6, 6.07) is 4.09. The van der Waals surface area contributed by atoms with E-state index in [4.69, 9.17) is 0 Å². The van der Waals surface area contributed by atoms with Gasteiger partial charge in [0.05, 0.1) is 0 Å². The number of phenols is 2. The van der Waals surface area contributed by atoms with E-state index in [1.165, 1.54) is 18.2 Å². The Bertz CT molecular complexity index is 462. The normalized spacial score (nSPS) is 19.5. The number of benzene rings is 1. The highest BCUT2D eigenvalue weighted by Gasteiger charge is 2.21. The van der Waals surface area contributed by atoms with Gasteiger partial charge in [0, 0.05) is 18.7 Å². The molecule has 19 heavy (non-hydrogen) atoms. The second-order valence-corrected chi connectivity index (χ2v) is 4.96. The molecule has 0 bridgehead atoms. The molecule has 0 saturated carbocycles. The van der Waals surface area contributed by atoms with E-state index < -0.39 is 0 Å². The third kappa shape index (κ3) is 3.38. The predicted molar refractivity (Wildman–Crippen MR) is 72.3 cm³/mol. The predicted octanol–water partition coefficient (Wildman–Crippen LogP) is 1.17. The Labute approximate surface area is 112 Å². The van der Waals surface area contributed by atoms with Crippen LogP contribution in [0, 0.1) is 5.92 Å². The molecule has 2 rings (SSSR count). The summed E-state index contributed by atoms with van der Waals surface area (Å²) >= 11 is 0. The molecule has 0 aromatic heterocycles. The second kappa shape index (κ2) is 5.93. The van der Waals surface area contributed by atoms with Gasteiger partial charge in [-0.15, -0.1) is 0 Å². The first-order valence-corrected chi connectivity index (χ1v) is 6.62. The van der Waals surface area contributed by atoms with Crippen LogP contribution in [0.1, 0.15) is 23.7 Å². The monoisotopic (exact) mass is 264 g/mol. The zero-order valence-electron chi connectivity index (χ0n) is 11.1. The summed E-state index contributed by atoms with van der Waals surface area (Å²) < 4.78 is 0. The molecular formula is C14H20N2O3. The van der Waals surface area contributed by atoms with Crippen molar-refractivity contribution in [1.82, 2.24) is 10.2 Å². The first-order valence-electron chi connectivity index (χ1n) is 6.62. The van der Waals surface area contributed by atoms with Crippen molar-refractivity contribution in [2.24, 2.45) is 5.92 Å². The fraction of sp³-hybridized carbons (Fsp3) is 0.500. The van der Waals surface area contributed by atoms with Gasteiger partial charge in [0.25, 0.3) is 5.91 Å². The van der Waals surface area contributed by atoms with Gasteiger partial charge in [0.1, 0.15) is 0 Å². The van der Waals surface area contributed by atoms with Gasteiger partial charge in [-0.2, -0.15) is 0 Å². The molecule has 1 aliphatic heterocycles. The van der Waals surface area contributed by atoms with Crippen LogP contribution in [-0.4, -0.2) is 47.2 Å². The smallest absolute Gasteiger partial charge is 0.251 e. The molecule has 1 aromatic carbocycles. The molecule has 1 aromatic rings. The van der Waals surface area contributed by atoms with Gasteiger partial charge >= 0.3 is 0 Å². The number of likely N-dealkylation sites (tertiary alicyclic amines) is 1. The quantitative estimate of drug-likeness (QED) is 0.714. The van der Waals surface area contributed by atoms with Crippen LogP contribution in [0.3, 0.4) is 0 Å². The second-order valence-electron chi connectivity index (χ2n) is 4.96. The van der Waals surface area contributed by atoms with Crippen molar-refractivity contribution in [3.05, 3.63) is 23.8 Å². The lowest BCUT2D eigenvalue weighted by molar-refractivity contribution is 0.0947. The molecule has 1 amide bonds. The summed E-state index contributed by atoms with van der Waals surface area (Å²) in [6.07, 6.45) is 1.11. The molecule has 0 radical (unpaired) electrons. The van der Waals surface area contributed by atoms with Gasteiger partial charge < -0.3 is 20.4 Å². The van der Waals surface area contributed by atoms with E-state index in [0.29, 0.717) is 18.0 Å². The van der Waals surface area contributed by atoms with Gasteiger partial charge in [0.2, 0.25) is 0 Å². The number of phenolic OH excluding ortho intramolecular Hbond substituents is 2. The number of carbonyl (C=O) groups is 1. The molecule has 1 fully saturated rings. The molecule has 1 unspecified atom stereocenters. The maximum absolute atomic E-state index is 11.9. The summed E-state index contributed by atoms with van der Waals surface area (Å²) in [4.78, 5) is 14.3. The van der Waals surface area contributed by atoms with Crippen LogP contribution in [0.25, 0.3) is 0 Å². The number of carbonyl (C=O) groups excluding carboxylic acids is 1. The first-order chi connectivity index (χ1) is 9.10. The van der Waals surface area contributed by atoms with Crippen LogP contribution in [-0.2, 0) is 0 Å². The van der Waals surface area contributed by atoms with Crippen LogP contribution < -0.4 is 5.32 Å². The van der Waals surface area contributed by atoms with Crippen molar-refractivity contribution in [2.45, 2.75) is 13.3 Å². The standard InChI is InChI=1S/C14H20N2O3/c1-2-16-6-5-10(9-16)8-15-14(19)11-3-4-12(17)13(18)7-11/h3-4,7,10,17-18H,2,5-6,8-9H2,1H3,(H,15,19). The molecule has 0 spiro atoms. The van der Waals surface area contributed by atoms with Crippen molar-refractivity contribution in [3.63, 3.8) is 0 Å². The summed E-state index contributed by atoms with van der Waals surface area (Å²) in [5, 5.41) is 21.4. The molecule has 1 aliphatic rings. The molecule has 0 aliphatic carbocycles. The lowest BCUT2D eigenvalue weighted by Crippen LogP contribution is -2.30. The first kappa shape index (κ1) is 13.7. The number of rotatable bonds is 4. The highest BCUT2D eigenvalue weighted by atomic mass is 16.3. The van der Waals surface area contributed by atoms with Gasteiger partial charge in [-0.1, -0.05) is 6.92 Å². The minimum atomic E-state index is -0.273. The lowest BCUT2D eigenvalue weighted by Gasteiger charge is -2.13. The Morgan fingerprint density at radius 1 is 1.42 bits per heavy atom. The van der Waals surface area contributed by atoms with Gasteiger partial charge in [-0.05, 0) is 43.6 Å². The Hall–Kier alpha value is -1.75. The summed E-state index contributed by atoms with van der Waals surface area (Å²) in [7, 11) is 0. The Morgan fingerprint density at radius 3 is 2.84 bits per heavy atom. The van der Waals surface area contributed by atoms with E-state index in [0.717, 1.165) is 26.1 Å². The molecular weight excluding hydrogens is 244 g/mol. The molecule has 1 heterocycles. The molecule has 5 heteroatoms. The van der Waals surface area contributed by atoms with Crippen LogP contribution >= 0.6 is 0 Å². The van der Waals surface area contributed by atoms with E-state index in [1.807, 2.05) is 0 Å². The maximum atomic E-state index is 11.9. The van der Waals surface area contributed by atoms with Gasteiger partial charge in [-0.3, -0.25) is 4.79 Å². The zero-order valence-corrected chi connectivity index (χ0v) is 11.1. The SMILES string of the molecule is CCN1CCC(CNC(=O)c2ccc(O)c(O)c2)C1. The number of hydrogen-bond donors (Lipinski definition) is 3. The van der Waals surface area contributed by atoms with Crippen molar-refractivity contribution in [2.75, 3.05) is 26.2 Å². The van der Waals surface area contributed by atoms with Gasteiger partial charge in [0.15, 0.2) is 11.5 Å². The van der Waals surface area contributed by atoms with E-state index in [1.54, 1.807) is 0 Å². The lowest BCUT2D eigenvalue weighted by atomic mass is 10.1. The summed E-state index contributed by atoms with van der Waals surface area (Å²) in [5.41, 5.74) is 0.362. The molecule has 3 N–H and O–H groups in total. The topological polar surface area (TPSA) is 72.8 Å². The third-order valence-electron chi connectivity index (χ3n) is 3.61. The highest BCUT2D eigenvalue weighted by Crippen LogP contribution is 2.24. The zero-order chi connectivity index (χ0) is 13.8. The fourth-order valence-corrected chi connectivity index (χ4v) is 2.37. The molecule has 5 nitrogen and oxygen atoms in total. The van der Waals surface area contributed by atoms with Crippen molar-refractivity contribution >= 4 is 5.91 Å². The average Bonchev–Trinajstić information content (AvgIpc) is 2.87. The molecule has 1 saturated heterocycles. The minimum Gasteiger partial charge on any atom is -0.504 e. The summed E-state index contributed by atoms with van der Waals surface area (Å²) in [6.45, 7) is 5.96. The summed E-state index contributed by atoms with van der Waals surface area (Å²) in [5.74, 6) is -0.212. The molecule has 1 atom stereocenters. The van der Waals surface area contributed by atoms with E-state index >= 15 is 0 Å². The Balaban J connectivity index is 1.86. The van der Waals surface area contributed by atoms with E-state index in [9.17, 15) is 15.0 Å². The van der Waals surface area contributed by atoms with E-state index in [2.05, 4.69) is 17.1 Å². The number of amides is 1. The van der Waals surface area contributed by atoms with Crippen LogP contribution in [0.5, 0.6) is 11.5 Å². The number of hydrogen-bond acceptors (Lipinski definition) is 4. The van der Waals surface area contributed by atoms with Crippen LogP contribution in [0.15, 0.2) is 18.2 Å². The maximum Gasteiger partial charge on any atom is 0.251 e. The highest BCUT2D eigenvalue weighted by molar-refractivity contribution is 5.94. The molecule has 104 valence electrons. The minimum absolute atomic E-state index is 0.217. The largest absolute Gasteiger partial charge is 0.504 e. The van der Waals surface area contributed by atoms with Crippen molar-refractivity contribution in [1.29, 1.82) is 0 Å². The Kier molecular flexibility index (Phi) is 4.27. The van der Waals surface area contributed by atoms with Crippen molar-refractivity contribution < 1.29 is 15.0 Å². The number of aromatic hydroxyl groups is 2. The Morgan fingerprint density at radius 2 is 2.21 bits per heavy atom. The number of nitrogens with one attached hydrogen (secondary N) is 1. The van der Waals surface area contributed by atoms with Gasteiger partial charge in [-0.25, -0.2) is 0 Å². The van der Waals surface area contributed by atoms with Crippen LogP contribution in [0.2, 0.25) is 0 Å². The average molecular weight is 264 g/mol.